The Bertz CT molecular complexity index is 876. The van der Waals surface area contributed by atoms with E-state index in [9.17, 15) is 19.2 Å². The molecule has 2 N–H and O–H groups in total. The number of hydrogen-bond donors (Lipinski definition) is 2. The summed E-state index contributed by atoms with van der Waals surface area (Å²) in [6, 6.07) is 2.80. The van der Waals surface area contributed by atoms with E-state index in [1.165, 1.54) is 6.20 Å². The second-order valence-corrected chi connectivity index (χ2v) is 8.91. The molecule has 1 aromatic heterocycles. The third-order valence-corrected chi connectivity index (χ3v) is 6.67. The molecule has 10 heteroatoms. The smallest absolute Gasteiger partial charge is 0.325 e. The number of urea groups is 1. The topological polar surface area (TPSA) is 112 Å². The minimum atomic E-state index is -0.823. The van der Waals surface area contributed by atoms with Crippen molar-refractivity contribution in [2.45, 2.75) is 50.5 Å². The molecule has 0 unspecified atom stereocenters. The van der Waals surface area contributed by atoms with Gasteiger partial charge >= 0.3 is 6.03 Å². The molecule has 3 aliphatic rings. The molecule has 2 saturated heterocycles. The molecule has 0 bridgehead atoms. The molecule has 2 aliphatic heterocycles. The van der Waals surface area contributed by atoms with Crippen molar-refractivity contribution in [3.63, 3.8) is 0 Å². The first-order valence-electron chi connectivity index (χ1n) is 10.7. The van der Waals surface area contributed by atoms with Gasteiger partial charge in [-0.25, -0.2) is 9.78 Å². The van der Waals surface area contributed by atoms with Crippen molar-refractivity contribution in [1.82, 2.24) is 20.1 Å². The highest BCUT2D eigenvalue weighted by molar-refractivity contribution is 6.30. The van der Waals surface area contributed by atoms with E-state index >= 15 is 0 Å². The highest BCUT2D eigenvalue weighted by Gasteiger charge is 2.51. The van der Waals surface area contributed by atoms with Crippen LogP contribution in [0, 0.1) is 5.92 Å². The van der Waals surface area contributed by atoms with Crippen LogP contribution in [0.4, 0.5) is 10.6 Å². The van der Waals surface area contributed by atoms with E-state index in [2.05, 4.69) is 15.6 Å². The van der Waals surface area contributed by atoms with Gasteiger partial charge in [-0.15, -0.1) is 0 Å². The molecular weight excluding hydrogens is 422 g/mol. The van der Waals surface area contributed by atoms with Gasteiger partial charge in [-0.05, 0) is 37.8 Å². The summed E-state index contributed by atoms with van der Waals surface area (Å²) in [5.41, 5.74) is -0.823. The molecule has 9 nitrogen and oxygen atoms in total. The number of anilines is 1. The number of nitrogens with one attached hydrogen (secondary N) is 2. The Morgan fingerprint density at radius 3 is 2.52 bits per heavy atom. The minimum Gasteiger partial charge on any atom is -0.341 e. The number of piperidine rings is 1. The largest absolute Gasteiger partial charge is 0.341 e. The fraction of sp³-hybridized carbons (Fsp3) is 0.571. The van der Waals surface area contributed by atoms with E-state index in [1.807, 2.05) is 0 Å². The van der Waals surface area contributed by atoms with Crippen LogP contribution in [0.1, 0.15) is 44.9 Å². The molecule has 1 saturated carbocycles. The predicted octanol–water partition coefficient (Wildman–Crippen LogP) is 2.17. The first-order chi connectivity index (χ1) is 14.9. The number of halogens is 1. The van der Waals surface area contributed by atoms with Crippen molar-refractivity contribution in [3.05, 3.63) is 23.4 Å². The third kappa shape index (κ3) is 4.51. The van der Waals surface area contributed by atoms with Crippen LogP contribution in [0.5, 0.6) is 0 Å². The van der Waals surface area contributed by atoms with Crippen LogP contribution >= 0.6 is 11.6 Å². The van der Waals surface area contributed by atoms with Gasteiger partial charge in [0, 0.05) is 25.2 Å². The number of likely N-dealkylation sites (tertiary alicyclic amines) is 1. The molecule has 3 heterocycles. The molecular formula is C21H26ClN5O4. The lowest BCUT2D eigenvalue weighted by atomic mass is 9.82. The van der Waals surface area contributed by atoms with Gasteiger partial charge < -0.3 is 15.5 Å². The lowest BCUT2D eigenvalue weighted by Gasteiger charge is -2.32. The fourth-order valence-corrected chi connectivity index (χ4v) is 4.73. The Kier molecular flexibility index (Phi) is 6.13. The zero-order valence-electron chi connectivity index (χ0n) is 17.2. The monoisotopic (exact) mass is 447 g/mol. The summed E-state index contributed by atoms with van der Waals surface area (Å²) in [6.07, 6.45) is 6.59. The molecule has 0 aromatic carbocycles. The molecule has 4 rings (SSSR count). The van der Waals surface area contributed by atoms with E-state index in [1.54, 1.807) is 17.0 Å². The van der Waals surface area contributed by atoms with Crippen molar-refractivity contribution < 1.29 is 19.2 Å². The van der Waals surface area contributed by atoms with Gasteiger partial charge in [-0.3, -0.25) is 19.3 Å². The van der Waals surface area contributed by atoms with Crippen LogP contribution in [0.3, 0.4) is 0 Å². The maximum atomic E-state index is 12.9. The van der Waals surface area contributed by atoms with Gasteiger partial charge in [0.15, 0.2) is 0 Å². The highest BCUT2D eigenvalue weighted by atomic mass is 35.5. The van der Waals surface area contributed by atoms with Crippen LogP contribution in [-0.2, 0) is 14.4 Å². The number of nitrogens with zero attached hydrogens (tertiary/aromatic N) is 3. The maximum Gasteiger partial charge on any atom is 0.325 e. The summed E-state index contributed by atoms with van der Waals surface area (Å²) >= 11 is 5.80. The van der Waals surface area contributed by atoms with Gasteiger partial charge in [-0.2, -0.15) is 0 Å². The summed E-state index contributed by atoms with van der Waals surface area (Å²) in [5, 5.41) is 6.08. The number of imide groups is 1. The standard InChI is InChI=1S/C21H26ClN5O4/c22-15-4-5-16(23-12-15)24-18(29)14-6-10-26(11-7-14)17(28)13-27-19(30)21(25-20(27)31)8-2-1-3-9-21/h4-5,12,14H,1-3,6-11,13H2,(H,25,31)(H,23,24,29). The van der Waals surface area contributed by atoms with E-state index < -0.39 is 11.6 Å². The molecule has 166 valence electrons. The maximum absolute atomic E-state index is 12.9. The average Bonchev–Trinajstić information content (AvgIpc) is 2.99. The van der Waals surface area contributed by atoms with Crippen LogP contribution in [0.25, 0.3) is 0 Å². The Balaban J connectivity index is 1.28. The summed E-state index contributed by atoms with van der Waals surface area (Å²) in [6.45, 7) is 0.553. The molecule has 1 aromatic rings. The number of amides is 5. The molecule has 1 spiro atoms. The predicted molar refractivity (Wildman–Crippen MR) is 113 cm³/mol. The Morgan fingerprint density at radius 2 is 1.87 bits per heavy atom. The fourth-order valence-electron chi connectivity index (χ4n) is 4.62. The lowest BCUT2D eigenvalue weighted by molar-refractivity contribution is -0.140. The van der Waals surface area contributed by atoms with Gasteiger partial charge in [0.25, 0.3) is 5.91 Å². The number of pyridine rings is 1. The van der Waals surface area contributed by atoms with E-state index in [0.29, 0.717) is 49.6 Å². The van der Waals surface area contributed by atoms with Gasteiger partial charge in [-0.1, -0.05) is 30.9 Å². The molecule has 0 atom stereocenters. The summed E-state index contributed by atoms with van der Waals surface area (Å²) < 4.78 is 0. The molecule has 5 amide bonds. The van der Waals surface area contributed by atoms with Gasteiger partial charge in [0.2, 0.25) is 11.8 Å². The summed E-state index contributed by atoms with van der Waals surface area (Å²) in [4.78, 5) is 57.2. The van der Waals surface area contributed by atoms with Crippen molar-refractivity contribution in [3.8, 4) is 0 Å². The second kappa shape index (κ2) is 8.82. The Hall–Kier alpha value is -2.68. The molecule has 31 heavy (non-hydrogen) atoms. The third-order valence-electron chi connectivity index (χ3n) is 6.44. The minimum absolute atomic E-state index is 0.143. The zero-order chi connectivity index (χ0) is 22.0. The van der Waals surface area contributed by atoms with Gasteiger partial charge in [0.05, 0.1) is 5.02 Å². The normalized spacial score (nSPS) is 21.3. The summed E-state index contributed by atoms with van der Waals surface area (Å²) in [7, 11) is 0. The number of rotatable bonds is 4. The van der Waals surface area contributed by atoms with E-state index in [0.717, 1.165) is 24.2 Å². The van der Waals surface area contributed by atoms with Gasteiger partial charge in [0.1, 0.15) is 17.9 Å². The van der Waals surface area contributed by atoms with E-state index in [-0.39, 0.29) is 30.2 Å². The molecule has 0 radical (unpaired) electrons. The van der Waals surface area contributed by atoms with Crippen LogP contribution in [0.2, 0.25) is 5.02 Å². The van der Waals surface area contributed by atoms with Crippen LogP contribution in [0.15, 0.2) is 18.3 Å². The molecule has 1 aliphatic carbocycles. The van der Waals surface area contributed by atoms with Crippen molar-refractivity contribution in [1.29, 1.82) is 0 Å². The second-order valence-electron chi connectivity index (χ2n) is 8.47. The number of carbonyl (C=O) groups is 4. The van der Waals surface area contributed by atoms with E-state index in [4.69, 9.17) is 11.6 Å². The van der Waals surface area contributed by atoms with Crippen molar-refractivity contribution in [2.24, 2.45) is 5.92 Å². The highest BCUT2D eigenvalue weighted by Crippen LogP contribution is 2.33. The Morgan fingerprint density at radius 1 is 1.16 bits per heavy atom. The number of aromatic nitrogens is 1. The molecule has 3 fully saturated rings. The quantitative estimate of drug-likeness (QED) is 0.687. The lowest BCUT2D eigenvalue weighted by Crippen LogP contribution is -2.50. The summed E-state index contributed by atoms with van der Waals surface area (Å²) in [5.74, 6) is -0.494. The van der Waals surface area contributed by atoms with Crippen molar-refractivity contribution >= 4 is 41.2 Å². The first-order valence-corrected chi connectivity index (χ1v) is 11.1. The Labute approximate surface area is 185 Å². The number of carbonyl (C=O) groups excluding carboxylic acids is 4. The van der Waals surface area contributed by atoms with Crippen LogP contribution in [-0.4, -0.2) is 63.7 Å². The SMILES string of the molecule is O=C(Nc1ccc(Cl)cn1)C1CCN(C(=O)CN2C(=O)NC3(CCCCC3)C2=O)CC1. The van der Waals surface area contributed by atoms with Crippen LogP contribution < -0.4 is 10.6 Å². The zero-order valence-corrected chi connectivity index (χ0v) is 18.0. The average molecular weight is 448 g/mol. The number of hydrogen-bond acceptors (Lipinski definition) is 5. The van der Waals surface area contributed by atoms with Crippen molar-refractivity contribution in [2.75, 3.05) is 25.0 Å². The first kappa shape index (κ1) is 21.5.